The van der Waals surface area contributed by atoms with Crippen LogP contribution in [0.3, 0.4) is 0 Å². The second-order valence-electron chi connectivity index (χ2n) is 3.18. The van der Waals surface area contributed by atoms with Gasteiger partial charge in [0.25, 0.3) is 4.83 Å². The van der Waals surface area contributed by atoms with Crippen molar-refractivity contribution in [2.45, 2.75) is 0 Å². The predicted molar refractivity (Wildman–Crippen MR) is 58.3 cm³/mol. The summed E-state index contributed by atoms with van der Waals surface area (Å²) < 4.78 is 1.01. The van der Waals surface area contributed by atoms with Crippen molar-refractivity contribution >= 4 is 32.5 Å². The van der Waals surface area contributed by atoms with Crippen LogP contribution in [0.4, 0.5) is 0 Å². The monoisotopic (exact) mass is 201 g/mol. The molecule has 2 aromatic heterocycles. The minimum atomic E-state index is 0.738. The lowest BCUT2D eigenvalue weighted by molar-refractivity contribution is -0.545. The van der Waals surface area contributed by atoms with E-state index in [9.17, 15) is 5.21 Å². The molecule has 0 bridgehead atoms. The molecular weight excluding hydrogens is 194 g/mol. The molecule has 14 heavy (non-hydrogen) atoms. The summed E-state index contributed by atoms with van der Waals surface area (Å²) in [5.41, 5.74) is 0.738. The summed E-state index contributed by atoms with van der Waals surface area (Å²) in [6.45, 7) is 0. The van der Waals surface area contributed by atoms with Crippen molar-refractivity contribution in [3.05, 3.63) is 47.0 Å². The lowest BCUT2D eigenvalue weighted by atomic mass is 10.2. The first-order chi connectivity index (χ1) is 6.86. The highest BCUT2D eigenvalue weighted by Gasteiger charge is 2.09. The van der Waals surface area contributed by atoms with Crippen molar-refractivity contribution in [2.75, 3.05) is 0 Å². The molecule has 0 aliphatic heterocycles. The molecule has 0 aliphatic carbocycles. The van der Waals surface area contributed by atoms with Crippen LogP contribution in [0, 0.1) is 5.21 Å². The van der Waals surface area contributed by atoms with Crippen LogP contribution >= 0.6 is 11.3 Å². The summed E-state index contributed by atoms with van der Waals surface area (Å²) in [6.07, 6.45) is 0. The SMILES string of the molecule is [O-][n+]1c2ccccc2cc2ccsc21. The zero-order chi connectivity index (χ0) is 9.54. The Morgan fingerprint density at radius 1 is 1.07 bits per heavy atom. The van der Waals surface area contributed by atoms with Crippen LogP contribution in [-0.4, -0.2) is 0 Å². The Labute approximate surface area is 84.6 Å². The Morgan fingerprint density at radius 3 is 2.86 bits per heavy atom. The van der Waals surface area contributed by atoms with Gasteiger partial charge in [-0.05, 0) is 23.6 Å². The maximum atomic E-state index is 11.9. The molecule has 0 radical (unpaired) electrons. The van der Waals surface area contributed by atoms with Gasteiger partial charge in [0.05, 0.1) is 5.39 Å². The van der Waals surface area contributed by atoms with Gasteiger partial charge in [-0.15, -0.1) is 0 Å². The maximum Gasteiger partial charge on any atom is 0.280 e. The number of benzene rings is 1. The van der Waals surface area contributed by atoms with Crippen molar-refractivity contribution in [1.29, 1.82) is 0 Å². The van der Waals surface area contributed by atoms with E-state index in [1.165, 1.54) is 11.3 Å². The van der Waals surface area contributed by atoms with Crippen LogP contribution in [0.2, 0.25) is 0 Å². The lowest BCUT2D eigenvalue weighted by Gasteiger charge is -2.01. The van der Waals surface area contributed by atoms with Crippen molar-refractivity contribution in [3.63, 3.8) is 0 Å². The summed E-state index contributed by atoms with van der Waals surface area (Å²) in [7, 11) is 0. The van der Waals surface area contributed by atoms with Crippen LogP contribution in [0.15, 0.2) is 41.8 Å². The molecule has 0 amide bonds. The third kappa shape index (κ3) is 0.930. The molecule has 3 heteroatoms. The minimum Gasteiger partial charge on any atom is -0.617 e. The van der Waals surface area contributed by atoms with Crippen LogP contribution in [0.25, 0.3) is 21.1 Å². The molecule has 0 spiro atoms. The molecule has 3 aromatic rings. The number of hydrogen-bond donors (Lipinski definition) is 0. The first kappa shape index (κ1) is 7.76. The minimum absolute atomic E-state index is 0.738. The first-order valence-corrected chi connectivity index (χ1v) is 5.23. The highest BCUT2D eigenvalue weighted by Crippen LogP contribution is 2.21. The Hall–Kier alpha value is -1.61. The number of pyridine rings is 1. The van der Waals surface area contributed by atoms with Gasteiger partial charge in [-0.3, -0.25) is 0 Å². The smallest absolute Gasteiger partial charge is 0.280 e. The van der Waals surface area contributed by atoms with Crippen molar-refractivity contribution in [2.24, 2.45) is 0 Å². The fourth-order valence-electron chi connectivity index (χ4n) is 1.66. The molecule has 68 valence electrons. The molecule has 2 nitrogen and oxygen atoms in total. The Bertz CT molecular complexity index is 615. The summed E-state index contributed by atoms with van der Waals surface area (Å²) in [5, 5.41) is 15.8. The van der Waals surface area contributed by atoms with Gasteiger partial charge in [0.15, 0.2) is 0 Å². The molecule has 2 heterocycles. The van der Waals surface area contributed by atoms with Crippen molar-refractivity contribution in [1.82, 2.24) is 0 Å². The molecule has 3 rings (SSSR count). The number of aromatic nitrogens is 1. The van der Waals surface area contributed by atoms with E-state index in [1.807, 2.05) is 35.7 Å². The van der Waals surface area contributed by atoms with Gasteiger partial charge in [0, 0.05) is 11.5 Å². The van der Waals surface area contributed by atoms with Gasteiger partial charge < -0.3 is 5.21 Å². The highest BCUT2D eigenvalue weighted by molar-refractivity contribution is 7.16. The van der Waals surface area contributed by atoms with E-state index in [1.54, 1.807) is 0 Å². The second-order valence-corrected chi connectivity index (χ2v) is 4.07. The molecule has 0 fully saturated rings. The molecule has 0 unspecified atom stereocenters. The van der Waals surface area contributed by atoms with E-state index in [2.05, 4.69) is 6.07 Å². The molecular formula is C11H7NOS. The van der Waals surface area contributed by atoms with Crippen LogP contribution in [0.1, 0.15) is 0 Å². The Morgan fingerprint density at radius 2 is 1.93 bits per heavy atom. The molecule has 0 saturated heterocycles. The van der Waals surface area contributed by atoms with Gasteiger partial charge >= 0.3 is 0 Å². The van der Waals surface area contributed by atoms with E-state index in [-0.39, 0.29) is 0 Å². The molecule has 0 aliphatic rings. The largest absolute Gasteiger partial charge is 0.617 e. The molecule has 0 atom stereocenters. The Kier molecular flexibility index (Phi) is 1.49. The Balaban J connectivity index is 2.63. The van der Waals surface area contributed by atoms with Crippen molar-refractivity contribution < 1.29 is 4.73 Å². The summed E-state index contributed by atoms with van der Waals surface area (Å²) in [5.74, 6) is 0. The number of fused-ring (bicyclic) bond motifs is 2. The summed E-state index contributed by atoms with van der Waals surface area (Å²) in [4.78, 5) is 0.781. The first-order valence-electron chi connectivity index (χ1n) is 4.35. The second kappa shape index (κ2) is 2.69. The third-order valence-corrected chi connectivity index (χ3v) is 3.22. The fourth-order valence-corrected chi connectivity index (χ4v) is 2.46. The van der Waals surface area contributed by atoms with E-state index >= 15 is 0 Å². The highest BCUT2D eigenvalue weighted by atomic mass is 32.1. The number of rotatable bonds is 0. The third-order valence-electron chi connectivity index (χ3n) is 2.33. The van der Waals surface area contributed by atoms with E-state index in [4.69, 9.17) is 0 Å². The van der Waals surface area contributed by atoms with Gasteiger partial charge in [-0.2, -0.15) is 4.73 Å². The zero-order valence-electron chi connectivity index (χ0n) is 7.31. The van der Waals surface area contributed by atoms with E-state index in [0.717, 1.165) is 25.8 Å². The average Bonchev–Trinajstić information content (AvgIpc) is 2.66. The number of para-hydroxylation sites is 1. The quantitative estimate of drug-likeness (QED) is 0.406. The molecule has 0 N–H and O–H groups in total. The number of thiophene rings is 1. The van der Waals surface area contributed by atoms with E-state index < -0.39 is 0 Å². The van der Waals surface area contributed by atoms with Gasteiger partial charge in [0.2, 0.25) is 5.52 Å². The summed E-state index contributed by atoms with van der Waals surface area (Å²) in [6, 6.07) is 11.7. The van der Waals surface area contributed by atoms with Crippen molar-refractivity contribution in [3.8, 4) is 0 Å². The number of hydrogen-bond acceptors (Lipinski definition) is 2. The molecule has 0 saturated carbocycles. The van der Waals surface area contributed by atoms with Crippen LogP contribution in [0.5, 0.6) is 0 Å². The van der Waals surface area contributed by atoms with Crippen LogP contribution < -0.4 is 4.73 Å². The lowest BCUT2D eigenvalue weighted by Crippen LogP contribution is -2.26. The normalized spacial score (nSPS) is 11.1. The topological polar surface area (TPSA) is 26.9 Å². The van der Waals surface area contributed by atoms with Gasteiger partial charge in [0.1, 0.15) is 0 Å². The maximum absolute atomic E-state index is 11.9. The summed E-state index contributed by atoms with van der Waals surface area (Å²) >= 11 is 1.48. The van der Waals surface area contributed by atoms with E-state index in [0.29, 0.717) is 0 Å². The van der Waals surface area contributed by atoms with Gasteiger partial charge in [-0.25, -0.2) is 0 Å². The zero-order valence-corrected chi connectivity index (χ0v) is 8.12. The average molecular weight is 201 g/mol. The predicted octanol–water partition coefficient (Wildman–Crippen LogP) is 2.69. The standard InChI is InChI=1S/C11H7NOS/c13-12-10-4-2-1-3-8(10)7-9-5-6-14-11(9)12/h1-7H. The van der Waals surface area contributed by atoms with Gasteiger partial charge in [-0.1, -0.05) is 23.5 Å². The van der Waals surface area contributed by atoms with Crippen LogP contribution in [-0.2, 0) is 0 Å². The fraction of sp³-hybridized carbons (Fsp3) is 0. The number of nitrogens with zero attached hydrogens (tertiary/aromatic N) is 1. The molecule has 1 aromatic carbocycles.